The third kappa shape index (κ3) is 8.82. The van der Waals surface area contributed by atoms with Gasteiger partial charge in [-0.05, 0) is 24.1 Å². The van der Waals surface area contributed by atoms with Crippen LogP contribution in [0.2, 0.25) is 0 Å². The second-order valence-electron chi connectivity index (χ2n) is 6.39. The Balaban J connectivity index is 0.00000450. The summed E-state index contributed by atoms with van der Waals surface area (Å²) in [5.74, 6) is -0.924. The van der Waals surface area contributed by atoms with E-state index in [1.165, 1.54) is 12.1 Å². The molecule has 0 aromatic heterocycles. The molecule has 0 aliphatic heterocycles. The third-order valence-electron chi connectivity index (χ3n) is 3.99. The molecule has 1 atom stereocenters. The van der Waals surface area contributed by atoms with E-state index in [0.717, 1.165) is 11.6 Å². The Bertz CT molecular complexity index is 845. The monoisotopic (exact) mass is 543 g/mol. The van der Waals surface area contributed by atoms with Gasteiger partial charge in [-0.2, -0.15) is 13.2 Å². The molecule has 0 fully saturated rings. The van der Waals surface area contributed by atoms with Crippen LogP contribution in [0.1, 0.15) is 29.7 Å². The first-order valence-corrected chi connectivity index (χ1v) is 8.82. The highest BCUT2D eigenvalue weighted by atomic mass is 127. The van der Waals surface area contributed by atoms with Gasteiger partial charge in [-0.15, -0.1) is 24.0 Å². The average molecular weight is 543 g/mol. The molecule has 0 aliphatic rings. The summed E-state index contributed by atoms with van der Waals surface area (Å²) in [6.07, 6.45) is -4.36. The molecule has 10 heteroatoms. The molecule has 0 aliphatic carbocycles. The minimum Gasteiger partial charge on any atom is -0.367 e. The Morgan fingerprint density at radius 2 is 1.80 bits per heavy atom. The van der Waals surface area contributed by atoms with E-state index in [2.05, 4.69) is 20.4 Å². The molecule has 30 heavy (non-hydrogen) atoms. The van der Waals surface area contributed by atoms with E-state index in [1.54, 1.807) is 38.2 Å². The molecule has 0 heterocycles. The maximum absolute atomic E-state index is 13.9. The van der Waals surface area contributed by atoms with Crippen LogP contribution in [0.25, 0.3) is 0 Å². The van der Waals surface area contributed by atoms with Crippen molar-refractivity contribution < 1.29 is 26.7 Å². The van der Waals surface area contributed by atoms with E-state index in [-0.39, 0.29) is 36.1 Å². The number of halogens is 6. The molecular formula is C20H23F5IN3O. The summed E-state index contributed by atoms with van der Waals surface area (Å²) >= 11 is 0. The summed E-state index contributed by atoms with van der Waals surface area (Å²) in [7, 11) is 1.55. The second kappa shape index (κ2) is 12.0. The van der Waals surface area contributed by atoms with Crippen LogP contribution in [0.3, 0.4) is 0 Å². The van der Waals surface area contributed by atoms with Crippen LogP contribution in [0.15, 0.2) is 47.5 Å². The number of hydrogen-bond donors (Lipinski definition) is 2. The normalized spacial score (nSPS) is 12.8. The predicted octanol–water partition coefficient (Wildman–Crippen LogP) is 5.09. The summed E-state index contributed by atoms with van der Waals surface area (Å²) in [6, 6.07) is 9.80. The van der Waals surface area contributed by atoms with Gasteiger partial charge < -0.3 is 15.4 Å². The fourth-order valence-electron chi connectivity index (χ4n) is 2.63. The van der Waals surface area contributed by atoms with Gasteiger partial charge in [0.25, 0.3) is 0 Å². The van der Waals surface area contributed by atoms with Crippen molar-refractivity contribution in [2.75, 3.05) is 13.7 Å². The third-order valence-corrected chi connectivity index (χ3v) is 3.99. The predicted molar refractivity (Wildman–Crippen MR) is 116 cm³/mol. The summed E-state index contributed by atoms with van der Waals surface area (Å²) < 4.78 is 68.1. The molecule has 4 nitrogen and oxygen atoms in total. The van der Waals surface area contributed by atoms with Crippen molar-refractivity contribution in [1.29, 1.82) is 0 Å². The first-order valence-electron chi connectivity index (χ1n) is 8.82. The van der Waals surface area contributed by atoms with Gasteiger partial charge in [-0.25, -0.2) is 8.78 Å². The van der Waals surface area contributed by atoms with E-state index in [4.69, 9.17) is 0 Å². The number of benzene rings is 2. The smallest absolute Gasteiger partial charge is 0.367 e. The molecular weight excluding hydrogens is 520 g/mol. The van der Waals surface area contributed by atoms with E-state index in [9.17, 15) is 22.0 Å². The Morgan fingerprint density at radius 1 is 1.10 bits per heavy atom. The standard InChI is InChI=1S/C20H22F5N3O.HI/c1-13(17-7-6-16(21)9-18(17)22)28-19(26-2)27-10-14-4-3-5-15(8-14)11-29-12-20(23,24)25;/h3-9,13H,10-12H2,1-2H3,(H2,26,27,28);1H. The molecule has 0 radical (unpaired) electrons. The lowest BCUT2D eigenvalue weighted by atomic mass is 10.1. The van der Waals surface area contributed by atoms with Crippen LogP contribution < -0.4 is 10.6 Å². The first kappa shape index (κ1) is 26.1. The highest BCUT2D eigenvalue weighted by Gasteiger charge is 2.27. The maximum Gasteiger partial charge on any atom is 0.411 e. The zero-order valence-electron chi connectivity index (χ0n) is 16.4. The lowest BCUT2D eigenvalue weighted by Crippen LogP contribution is -2.38. The van der Waals surface area contributed by atoms with E-state index in [1.807, 2.05) is 0 Å². The lowest BCUT2D eigenvalue weighted by Gasteiger charge is -2.19. The van der Waals surface area contributed by atoms with Crippen molar-refractivity contribution in [1.82, 2.24) is 10.6 Å². The fourth-order valence-corrected chi connectivity index (χ4v) is 2.63. The molecule has 0 saturated carbocycles. The van der Waals surface area contributed by atoms with Crippen molar-refractivity contribution >= 4 is 29.9 Å². The summed E-state index contributed by atoms with van der Waals surface area (Å²) in [4.78, 5) is 4.06. The van der Waals surface area contributed by atoms with E-state index in [0.29, 0.717) is 18.1 Å². The van der Waals surface area contributed by atoms with Crippen molar-refractivity contribution in [3.05, 3.63) is 70.8 Å². The van der Waals surface area contributed by atoms with Crippen LogP contribution in [-0.2, 0) is 17.9 Å². The number of aliphatic imine (C=N–C) groups is 1. The number of guanidine groups is 1. The van der Waals surface area contributed by atoms with Gasteiger partial charge in [0, 0.05) is 25.2 Å². The first-order chi connectivity index (χ1) is 13.7. The largest absolute Gasteiger partial charge is 0.411 e. The highest BCUT2D eigenvalue weighted by molar-refractivity contribution is 14.0. The van der Waals surface area contributed by atoms with Crippen molar-refractivity contribution in [2.24, 2.45) is 4.99 Å². The maximum atomic E-state index is 13.9. The molecule has 2 aromatic rings. The zero-order valence-corrected chi connectivity index (χ0v) is 18.7. The van der Waals surface area contributed by atoms with E-state index >= 15 is 0 Å². The molecule has 1 unspecified atom stereocenters. The fraction of sp³-hybridized carbons (Fsp3) is 0.350. The van der Waals surface area contributed by atoms with Gasteiger partial charge in [-0.3, -0.25) is 4.99 Å². The van der Waals surface area contributed by atoms with Crippen LogP contribution in [0, 0.1) is 11.6 Å². The number of rotatable bonds is 7. The van der Waals surface area contributed by atoms with Crippen LogP contribution in [-0.4, -0.2) is 25.8 Å². The summed E-state index contributed by atoms with van der Waals surface area (Å²) in [5.41, 5.74) is 1.71. The SMILES string of the molecule is CN=C(NCc1cccc(COCC(F)(F)F)c1)NC(C)c1ccc(F)cc1F.I. The van der Waals surface area contributed by atoms with Crippen molar-refractivity contribution in [3.63, 3.8) is 0 Å². The lowest BCUT2D eigenvalue weighted by molar-refractivity contribution is -0.176. The van der Waals surface area contributed by atoms with E-state index < -0.39 is 30.5 Å². The Labute approximate surface area is 188 Å². The van der Waals surface area contributed by atoms with Crippen molar-refractivity contribution in [2.45, 2.75) is 32.3 Å². The molecule has 2 rings (SSSR count). The quantitative estimate of drug-likeness (QED) is 0.222. The van der Waals surface area contributed by atoms with Gasteiger partial charge in [0.15, 0.2) is 5.96 Å². The van der Waals surface area contributed by atoms with Crippen LogP contribution in [0.5, 0.6) is 0 Å². The van der Waals surface area contributed by atoms with Gasteiger partial charge in [0.2, 0.25) is 0 Å². The van der Waals surface area contributed by atoms with Gasteiger partial charge in [-0.1, -0.05) is 30.3 Å². The average Bonchev–Trinajstić information content (AvgIpc) is 2.64. The molecule has 0 bridgehead atoms. The topological polar surface area (TPSA) is 45.7 Å². The van der Waals surface area contributed by atoms with Gasteiger partial charge >= 0.3 is 6.18 Å². The Hall–Kier alpha value is -1.95. The Morgan fingerprint density at radius 3 is 2.43 bits per heavy atom. The Kier molecular flexibility index (Phi) is 10.5. The van der Waals surface area contributed by atoms with Crippen molar-refractivity contribution in [3.8, 4) is 0 Å². The highest BCUT2D eigenvalue weighted by Crippen LogP contribution is 2.18. The molecule has 0 amide bonds. The summed E-state index contributed by atoms with van der Waals surface area (Å²) in [6.45, 7) is 0.596. The summed E-state index contributed by atoms with van der Waals surface area (Å²) in [5, 5.41) is 6.05. The number of hydrogen-bond acceptors (Lipinski definition) is 2. The van der Waals surface area contributed by atoms with Crippen LogP contribution >= 0.6 is 24.0 Å². The van der Waals surface area contributed by atoms with Crippen LogP contribution in [0.4, 0.5) is 22.0 Å². The van der Waals surface area contributed by atoms with Gasteiger partial charge in [0.1, 0.15) is 18.2 Å². The molecule has 0 spiro atoms. The zero-order chi connectivity index (χ0) is 21.4. The second-order valence-corrected chi connectivity index (χ2v) is 6.39. The van der Waals surface area contributed by atoms with Gasteiger partial charge in [0.05, 0.1) is 12.6 Å². The number of alkyl halides is 3. The minimum atomic E-state index is -4.36. The molecule has 2 N–H and O–H groups in total. The molecule has 2 aromatic carbocycles. The number of nitrogens with zero attached hydrogens (tertiary/aromatic N) is 1. The molecule has 0 saturated heterocycles. The minimum absolute atomic E-state index is 0. The number of ether oxygens (including phenoxy) is 1. The number of nitrogens with one attached hydrogen (secondary N) is 2. The molecule has 166 valence electrons.